The molecule has 0 aliphatic carbocycles. The highest BCUT2D eigenvalue weighted by atomic mass is 32.2. The molecule has 19 heavy (non-hydrogen) atoms. The Morgan fingerprint density at radius 2 is 1.84 bits per heavy atom. The molecule has 0 saturated carbocycles. The van der Waals surface area contributed by atoms with Crippen LogP contribution < -0.4 is 11.1 Å². The Morgan fingerprint density at radius 1 is 1.26 bits per heavy atom. The lowest BCUT2D eigenvalue weighted by Crippen LogP contribution is -2.22. The number of carbonyl (C=O) groups is 1. The summed E-state index contributed by atoms with van der Waals surface area (Å²) in [7, 11) is -0.403. The first-order valence-electron chi connectivity index (χ1n) is 5.89. The van der Waals surface area contributed by atoms with Crippen molar-refractivity contribution in [2.24, 2.45) is 5.73 Å². The normalized spacial score (nSPS) is 11.5. The third-order valence-corrected chi connectivity index (χ3v) is 4.39. The molecule has 0 spiro atoms. The predicted octanol–water partition coefficient (Wildman–Crippen LogP) is 0.614. The summed E-state index contributed by atoms with van der Waals surface area (Å²) in [5, 5.41) is 3.09. The molecule has 1 amide bonds. The molecule has 6 nitrogen and oxygen atoms in total. The lowest BCUT2D eigenvalue weighted by molar-refractivity contribution is -0.118. The maximum atomic E-state index is 11.8. The number of amides is 1. The van der Waals surface area contributed by atoms with Crippen molar-refractivity contribution in [2.45, 2.75) is 17.7 Å². The minimum absolute atomic E-state index is 0.250. The molecule has 0 aromatic heterocycles. The van der Waals surface area contributed by atoms with Crippen molar-refractivity contribution >= 4 is 21.6 Å². The number of hydrogen-bond donors (Lipinski definition) is 2. The molecule has 106 valence electrons. The van der Waals surface area contributed by atoms with E-state index in [1.165, 1.54) is 18.4 Å². The Balaban J connectivity index is 2.60. The van der Waals surface area contributed by atoms with E-state index in [1.54, 1.807) is 24.3 Å². The number of hydrogen-bond acceptors (Lipinski definition) is 4. The van der Waals surface area contributed by atoms with Crippen LogP contribution in [0.1, 0.15) is 12.8 Å². The molecule has 0 fully saturated rings. The highest BCUT2D eigenvalue weighted by molar-refractivity contribution is 7.89. The summed E-state index contributed by atoms with van der Waals surface area (Å²) in [6.07, 6.45) is 0.979. The van der Waals surface area contributed by atoms with E-state index in [0.717, 1.165) is 5.69 Å². The zero-order chi connectivity index (χ0) is 14.5. The molecule has 0 aliphatic rings. The maximum Gasteiger partial charge on any atom is 0.242 e. The van der Waals surface area contributed by atoms with Gasteiger partial charge in [0.2, 0.25) is 15.9 Å². The van der Waals surface area contributed by atoms with Crippen LogP contribution in [0.4, 0.5) is 5.69 Å². The fraction of sp³-hybridized carbons (Fsp3) is 0.417. The summed E-state index contributed by atoms with van der Waals surface area (Å²) in [6, 6.07) is 6.48. The van der Waals surface area contributed by atoms with Crippen LogP contribution in [-0.2, 0) is 14.8 Å². The second-order valence-corrected chi connectivity index (χ2v) is 6.46. The van der Waals surface area contributed by atoms with Gasteiger partial charge in [-0.3, -0.25) is 4.79 Å². The van der Waals surface area contributed by atoms with Gasteiger partial charge in [0.1, 0.15) is 0 Å². The lowest BCUT2D eigenvalue weighted by Gasteiger charge is -2.12. The van der Waals surface area contributed by atoms with Crippen LogP contribution in [0.15, 0.2) is 29.2 Å². The number of rotatable bonds is 7. The summed E-state index contributed by atoms with van der Waals surface area (Å²) in [6.45, 7) is 0.614. The minimum Gasteiger partial charge on any atom is -0.385 e. The van der Waals surface area contributed by atoms with Gasteiger partial charge in [0.15, 0.2) is 0 Å². The Morgan fingerprint density at radius 3 is 2.32 bits per heavy atom. The lowest BCUT2D eigenvalue weighted by atomic mass is 10.2. The van der Waals surface area contributed by atoms with E-state index in [1.807, 2.05) is 0 Å². The third-order valence-electron chi connectivity index (χ3n) is 2.56. The summed E-state index contributed by atoms with van der Waals surface area (Å²) >= 11 is 0. The number of nitrogens with two attached hydrogens (primary N) is 1. The van der Waals surface area contributed by atoms with Crippen LogP contribution in [0.5, 0.6) is 0 Å². The number of sulfonamides is 1. The van der Waals surface area contributed by atoms with Crippen LogP contribution in [-0.4, -0.2) is 39.3 Å². The van der Waals surface area contributed by atoms with Crippen LogP contribution in [0.2, 0.25) is 0 Å². The standard InChI is InChI=1S/C12H19N3O3S/c1-15(2)19(17,18)11-7-5-10(6-8-11)14-9-3-4-12(13)16/h5-8,14H,3-4,9H2,1-2H3,(H2,13,16). The summed E-state index contributed by atoms with van der Waals surface area (Å²) in [5.41, 5.74) is 5.84. The minimum atomic E-state index is -3.39. The van der Waals surface area contributed by atoms with E-state index in [4.69, 9.17) is 5.73 Å². The Bertz CT molecular complexity index is 524. The molecule has 0 saturated heterocycles. The zero-order valence-electron chi connectivity index (χ0n) is 11.1. The van der Waals surface area contributed by atoms with Gasteiger partial charge in [-0.2, -0.15) is 0 Å². The topological polar surface area (TPSA) is 92.5 Å². The second kappa shape index (κ2) is 6.53. The molecule has 1 aromatic rings. The molecule has 0 radical (unpaired) electrons. The quantitative estimate of drug-likeness (QED) is 0.718. The SMILES string of the molecule is CN(C)S(=O)(=O)c1ccc(NCCCC(N)=O)cc1. The van der Waals surface area contributed by atoms with Gasteiger partial charge in [0.05, 0.1) is 4.90 Å². The first kappa shape index (κ1) is 15.5. The van der Waals surface area contributed by atoms with E-state index in [9.17, 15) is 13.2 Å². The fourth-order valence-corrected chi connectivity index (χ4v) is 2.35. The number of nitrogens with one attached hydrogen (secondary N) is 1. The number of nitrogens with zero attached hydrogens (tertiary/aromatic N) is 1. The van der Waals surface area contributed by atoms with Crippen LogP contribution >= 0.6 is 0 Å². The molecular formula is C12H19N3O3S. The maximum absolute atomic E-state index is 11.8. The van der Waals surface area contributed by atoms with Gasteiger partial charge < -0.3 is 11.1 Å². The van der Waals surface area contributed by atoms with E-state index < -0.39 is 10.0 Å². The van der Waals surface area contributed by atoms with Crippen molar-refractivity contribution < 1.29 is 13.2 Å². The van der Waals surface area contributed by atoms with Crippen molar-refractivity contribution in [3.05, 3.63) is 24.3 Å². The molecule has 1 aromatic carbocycles. The number of benzene rings is 1. The van der Waals surface area contributed by atoms with Crippen molar-refractivity contribution in [1.82, 2.24) is 4.31 Å². The number of primary amides is 1. The van der Waals surface area contributed by atoms with Crippen molar-refractivity contribution in [3.63, 3.8) is 0 Å². The largest absolute Gasteiger partial charge is 0.385 e. The Hall–Kier alpha value is -1.60. The van der Waals surface area contributed by atoms with Gasteiger partial charge in [-0.1, -0.05) is 0 Å². The number of anilines is 1. The van der Waals surface area contributed by atoms with Crippen LogP contribution in [0, 0.1) is 0 Å². The fourth-order valence-electron chi connectivity index (χ4n) is 1.45. The van der Waals surface area contributed by atoms with Crippen molar-refractivity contribution in [1.29, 1.82) is 0 Å². The summed E-state index contributed by atoms with van der Waals surface area (Å²) < 4.78 is 24.8. The van der Waals surface area contributed by atoms with Crippen molar-refractivity contribution in [3.8, 4) is 0 Å². The van der Waals surface area contributed by atoms with E-state index in [0.29, 0.717) is 19.4 Å². The predicted molar refractivity (Wildman–Crippen MR) is 74.2 cm³/mol. The van der Waals surface area contributed by atoms with Crippen LogP contribution in [0.3, 0.4) is 0 Å². The van der Waals surface area contributed by atoms with E-state index >= 15 is 0 Å². The average molecular weight is 285 g/mol. The third kappa shape index (κ3) is 4.53. The molecule has 0 heterocycles. The first-order valence-corrected chi connectivity index (χ1v) is 7.33. The molecular weight excluding hydrogens is 266 g/mol. The van der Waals surface area contributed by atoms with Gasteiger partial charge in [-0.15, -0.1) is 0 Å². The molecule has 7 heteroatoms. The van der Waals surface area contributed by atoms with E-state index in [-0.39, 0.29) is 10.8 Å². The second-order valence-electron chi connectivity index (χ2n) is 4.31. The summed E-state index contributed by atoms with van der Waals surface area (Å²) in [4.78, 5) is 10.8. The van der Waals surface area contributed by atoms with E-state index in [2.05, 4.69) is 5.32 Å². The number of carbonyl (C=O) groups excluding carboxylic acids is 1. The molecule has 0 unspecified atom stereocenters. The van der Waals surface area contributed by atoms with Gasteiger partial charge in [-0.05, 0) is 30.7 Å². The molecule has 1 rings (SSSR count). The van der Waals surface area contributed by atoms with Gasteiger partial charge in [0, 0.05) is 32.7 Å². The average Bonchev–Trinajstić information content (AvgIpc) is 2.35. The first-order chi connectivity index (χ1) is 8.84. The molecule has 0 aliphatic heterocycles. The molecule has 0 bridgehead atoms. The van der Waals surface area contributed by atoms with Gasteiger partial charge >= 0.3 is 0 Å². The monoisotopic (exact) mass is 285 g/mol. The Labute approximate surface area is 113 Å². The Kier molecular flexibility index (Phi) is 5.31. The van der Waals surface area contributed by atoms with Gasteiger partial charge in [0.25, 0.3) is 0 Å². The highest BCUT2D eigenvalue weighted by Crippen LogP contribution is 2.16. The molecule has 3 N–H and O–H groups in total. The van der Waals surface area contributed by atoms with Gasteiger partial charge in [-0.25, -0.2) is 12.7 Å². The summed E-state index contributed by atoms with van der Waals surface area (Å²) in [5.74, 6) is -0.325. The van der Waals surface area contributed by atoms with Crippen LogP contribution in [0.25, 0.3) is 0 Å². The smallest absolute Gasteiger partial charge is 0.242 e. The van der Waals surface area contributed by atoms with Crippen molar-refractivity contribution in [2.75, 3.05) is 26.0 Å². The highest BCUT2D eigenvalue weighted by Gasteiger charge is 2.16. The zero-order valence-corrected chi connectivity index (χ0v) is 11.9. The molecule has 0 atom stereocenters.